The van der Waals surface area contributed by atoms with Crippen LogP contribution in [0.1, 0.15) is 38.9 Å². The van der Waals surface area contributed by atoms with Gasteiger partial charge in [-0.15, -0.1) is 0 Å². The highest BCUT2D eigenvalue weighted by Gasteiger charge is 2.07. The van der Waals surface area contributed by atoms with Crippen molar-refractivity contribution < 1.29 is 9.84 Å². The Kier molecular flexibility index (Phi) is 9.06. The summed E-state index contributed by atoms with van der Waals surface area (Å²) in [5.41, 5.74) is 0.948. The summed E-state index contributed by atoms with van der Waals surface area (Å²) in [6, 6.07) is 7.70. The summed E-state index contributed by atoms with van der Waals surface area (Å²) < 4.78 is 5.40. The fourth-order valence-electron chi connectivity index (χ4n) is 2.26. The molecule has 1 aromatic rings. The molecule has 0 spiro atoms. The van der Waals surface area contributed by atoms with Crippen LogP contribution in [0, 0.1) is 0 Å². The SMILES string of the molecule is CCOc1ccc(C(O)CCNCCN(CC)CC)cc1. The second-order valence-electron chi connectivity index (χ2n) is 5.08. The van der Waals surface area contributed by atoms with Gasteiger partial charge in [0.25, 0.3) is 0 Å². The summed E-state index contributed by atoms with van der Waals surface area (Å²) in [5.74, 6) is 0.853. The second kappa shape index (κ2) is 10.6. The van der Waals surface area contributed by atoms with Crippen molar-refractivity contribution in [2.24, 2.45) is 0 Å². The Morgan fingerprint density at radius 3 is 2.33 bits per heavy atom. The van der Waals surface area contributed by atoms with Crippen molar-refractivity contribution >= 4 is 0 Å². The molecule has 4 nitrogen and oxygen atoms in total. The van der Waals surface area contributed by atoms with E-state index in [1.165, 1.54) is 0 Å². The molecule has 0 aliphatic heterocycles. The van der Waals surface area contributed by atoms with Crippen molar-refractivity contribution in [1.29, 1.82) is 0 Å². The maximum Gasteiger partial charge on any atom is 0.119 e. The summed E-state index contributed by atoms with van der Waals surface area (Å²) in [4.78, 5) is 2.38. The van der Waals surface area contributed by atoms with Crippen LogP contribution >= 0.6 is 0 Å². The normalized spacial score (nSPS) is 12.6. The Bertz CT molecular complexity index is 364. The topological polar surface area (TPSA) is 44.7 Å². The maximum absolute atomic E-state index is 10.2. The minimum atomic E-state index is -0.415. The number of hydrogen-bond donors (Lipinski definition) is 2. The maximum atomic E-state index is 10.2. The minimum Gasteiger partial charge on any atom is -0.494 e. The van der Waals surface area contributed by atoms with E-state index in [-0.39, 0.29) is 0 Å². The predicted molar refractivity (Wildman–Crippen MR) is 87.8 cm³/mol. The van der Waals surface area contributed by atoms with Gasteiger partial charge < -0.3 is 20.1 Å². The standard InChI is InChI=1S/C17H30N2O2/c1-4-19(5-2)14-13-18-12-11-17(20)15-7-9-16(10-8-15)21-6-3/h7-10,17-18,20H,4-6,11-14H2,1-3H3. The molecule has 1 atom stereocenters. The Morgan fingerprint density at radius 2 is 1.76 bits per heavy atom. The molecule has 1 unspecified atom stereocenters. The van der Waals surface area contributed by atoms with E-state index in [9.17, 15) is 5.11 Å². The van der Waals surface area contributed by atoms with Gasteiger partial charge in [0.2, 0.25) is 0 Å². The van der Waals surface area contributed by atoms with E-state index in [2.05, 4.69) is 24.1 Å². The molecule has 0 heterocycles. The highest BCUT2D eigenvalue weighted by Crippen LogP contribution is 2.19. The van der Waals surface area contributed by atoms with E-state index >= 15 is 0 Å². The molecule has 1 aromatic carbocycles. The van der Waals surface area contributed by atoms with Crippen molar-refractivity contribution in [2.45, 2.75) is 33.3 Å². The molecule has 21 heavy (non-hydrogen) atoms. The van der Waals surface area contributed by atoms with E-state index in [0.29, 0.717) is 6.61 Å². The van der Waals surface area contributed by atoms with Crippen LogP contribution in [-0.2, 0) is 0 Å². The molecule has 0 aliphatic rings. The zero-order valence-electron chi connectivity index (χ0n) is 13.6. The van der Waals surface area contributed by atoms with Crippen LogP contribution in [-0.4, -0.2) is 49.3 Å². The van der Waals surface area contributed by atoms with Gasteiger partial charge >= 0.3 is 0 Å². The first-order valence-corrected chi connectivity index (χ1v) is 8.05. The summed E-state index contributed by atoms with van der Waals surface area (Å²) in [6.45, 7) is 12.0. The second-order valence-corrected chi connectivity index (χ2v) is 5.08. The van der Waals surface area contributed by atoms with E-state index in [4.69, 9.17) is 4.74 Å². The molecule has 2 N–H and O–H groups in total. The minimum absolute atomic E-state index is 0.415. The molecule has 0 radical (unpaired) electrons. The fourth-order valence-corrected chi connectivity index (χ4v) is 2.26. The average molecular weight is 294 g/mol. The first kappa shape index (κ1) is 18.0. The number of likely N-dealkylation sites (N-methyl/N-ethyl adjacent to an activating group) is 1. The molecule has 0 saturated heterocycles. The van der Waals surface area contributed by atoms with Crippen LogP contribution in [0.3, 0.4) is 0 Å². The number of rotatable bonds is 11. The predicted octanol–water partition coefficient (Wildman–Crippen LogP) is 2.44. The van der Waals surface area contributed by atoms with Crippen LogP contribution in [0.5, 0.6) is 5.75 Å². The third kappa shape index (κ3) is 6.93. The first-order chi connectivity index (χ1) is 10.2. The fraction of sp³-hybridized carbons (Fsp3) is 0.647. The molecule has 0 aromatic heterocycles. The Labute approximate surface area is 129 Å². The highest BCUT2D eigenvalue weighted by molar-refractivity contribution is 5.28. The Hall–Kier alpha value is -1.10. The van der Waals surface area contributed by atoms with E-state index in [0.717, 1.165) is 50.5 Å². The van der Waals surface area contributed by atoms with Crippen LogP contribution in [0.2, 0.25) is 0 Å². The van der Waals surface area contributed by atoms with Gasteiger partial charge in [0.15, 0.2) is 0 Å². The van der Waals surface area contributed by atoms with Crippen molar-refractivity contribution in [2.75, 3.05) is 39.3 Å². The van der Waals surface area contributed by atoms with Crippen LogP contribution in [0.15, 0.2) is 24.3 Å². The molecule has 0 aliphatic carbocycles. The smallest absolute Gasteiger partial charge is 0.119 e. The zero-order chi connectivity index (χ0) is 15.5. The highest BCUT2D eigenvalue weighted by atomic mass is 16.5. The molecule has 4 heteroatoms. The molecule has 120 valence electrons. The van der Waals surface area contributed by atoms with Crippen molar-refractivity contribution in [1.82, 2.24) is 10.2 Å². The van der Waals surface area contributed by atoms with Gasteiger partial charge in [-0.3, -0.25) is 0 Å². The van der Waals surface area contributed by atoms with Gasteiger partial charge in [-0.2, -0.15) is 0 Å². The summed E-state index contributed by atoms with van der Waals surface area (Å²) in [7, 11) is 0. The van der Waals surface area contributed by atoms with Crippen LogP contribution in [0.4, 0.5) is 0 Å². The number of benzene rings is 1. The number of hydrogen-bond acceptors (Lipinski definition) is 4. The summed E-state index contributed by atoms with van der Waals surface area (Å²) in [6.07, 6.45) is 0.313. The van der Waals surface area contributed by atoms with E-state index < -0.39 is 6.10 Å². The molecular formula is C17H30N2O2. The monoisotopic (exact) mass is 294 g/mol. The average Bonchev–Trinajstić information content (AvgIpc) is 2.52. The largest absolute Gasteiger partial charge is 0.494 e. The lowest BCUT2D eigenvalue weighted by Gasteiger charge is -2.18. The summed E-state index contributed by atoms with van der Waals surface area (Å²) >= 11 is 0. The van der Waals surface area contributed by atoms with Gasteiger partial charge in [0.05, 0.1) is 12.7 Å². The van der Waals surface area contributed by atoms with Crippen LogP contribution < -0.4 is 10.1 Å². The number of aliphatic hydroxyl groups excluding tert-OH is 1. The van der Waals surface area contributed by atoms with E-state index in [1.54, 1.807) is 0 Å². The molecule has 0 amide bonds. The lowest BCUT2D eigenvalue weighted by Crippen LogP contribution is -2.32. The van der Waals surface area contributed by atoms with Gasteiger partial charge in [-0.05, 0) is 50.7 Å². The van der Waals surface area contributed by atoms with Gasteiger partial charge in [0.1, 0.15) is 5.75 Å². The Balaban J connectivity index is 2.22. The number of aliphatic hydroxyl groups is 1. The lowest BCUT2D eigenvalue weighted by molar-refractivity contribution is 0.166. The lowest BCUT2D eigenvalue weighted by atomic mass is 10.1. The first-order valence-electron chi connectivity index (χ1n) is 8.05. The van der Waals surface area contributed by atoms with Gasteiger partial charge in [0, 0.05) is 13.1 Å². The van der Waals surface area contributed by atoms with Crippen LogP contribution in [0.25, 0.3) is 0 Å². The van der Waals surface area contributed by atoms with Crippen molar-refractivity contribution in [3.63, 3.8) is 0 Å². The number of nitrogens with one attached hydrogen (secondary N) is 1. The zero-order valence-corrected chi connectivity index (χ0v) is 13.6. The van der Waals surface area contributed by atoms with E-state index in [1.807, 2.05) is 31.2 Å². The molecular weight excluding hydrogens is 264 g/mol. The van der Waals surface area contributed by atoms with Gasteiger partial charge in [-0.25, -0.2) is 0 Å². The number of nitrogens with zero attached hydrogens (tertiary/aromatic N) is 1. The molecule has 0 saturated carbocycles. The molecule has 0 fully saturated rings. The third-order valence-corrected chi connectivity index (χ3v) is 3.67. The summed E-state index contributed by atoms with van der Waals surface area (Å²) in [5, 5.41) is 13.5. The third-order valence-electron chi connectivity index (χ3n) is 3.67. The van der Waals surface area contributed by atoms with Crippen molar-refractivity contribution in [3.05, 3.63) is 29.8 Å². The molecule has 1 rings (SSSR count). The Morgan fingerprint density at radius 1 is 1.10 bits per heavy atom. The quantitative estimate of drug-likeness (QED) is 0.615. The molecule has 0 bridgehead atoms. The van der Waals surface area contributed by atoms with Gasteiger partial charge in [-0.1, -0.05) is 26.0 Å². The van der Waals surface area contributed by atoms with Crippen molar-refractivity contribution in [3.8, 4) is 5.75 Å². The number of ether oxygens (including phenoxy) is 1.